The van der Waals surface area contributed by atoms with E-state index in [1.807, 2.05) is 13.8 Å². The fraction of sp³-hybridized carbons (Fsp3) is 0.429. The van der Waals surface area contributed by atoms with Crippen molar-refractivity contribution in [3.05, 3.63) is 16.7 Å². The van der Waals surface area contributed by atoms with E-state index in [2.05, 4.69) is 15.3 Å². The Morgan fingerprint density at radius 1 is 1.67 bits per heavy atom. The molecule has 0 aliphatic carbocycles. The Labute approximate surface area is 70.0 Å². The molecule has 1 rings (SSSR count). The summed E-state index contributed by atoms with van der Waals surface area (Å²) in [6.07, 6.45) is 1.34. The fourth-order valence-corrected chi connectivity index (χ4v) is 0.812. The van der Waals surface area contributed by atoms with Gasteiger partial charge in [0.2, 0.25) is 0 Å². The summed E-state index contributed by atoms with van der Waals surface area (Å²) in [7, 11) is 0. The third-order valence-corrected chi connectivity index (χ3v) is 1.27. The predicted molar refractivity (Wildman–Crippen MR) is 48.0 cm³/mol. The monoisotopic (exact) mass is 168 g/mol. The number of H-pyrrole nitrogens is 1. The molecule has 1 aromatic rings. The highest BCUT2D eigenvalue weighted by atomic mass is 16.1. The normalized spacial score (nSPS) is 10.2. The van der Waals surface area contributed by atoms with E-state index in [0.29, 0.717) is 11.5 Å². The molecule has 0 saturated heterocycles. The predicted octanol–water partition coefficient (Wildman–Crippen LogP) is 0.172. The molecule has 66 valence electrons. The number of nitrogens with one attached hydrogen (secondary N) is 2. The standard InChI is InChI=1S/C7H12N4O/c1-4(2)10-6-5(8)3-9-7(12)11-6/h3-4H,8H2,1-2H3,(H2,9,10,11,12). The molecule has 1 aromatic heterocycles. The van der Waals surface area contributed by atoms with E-state index in [-0.39, 0.29) is 6.04 Å². The van der Waals surface area contributed by atoms with Gasteiger partial charge >= 0.3 is 5.69 Å². The molecule has 0 bridgehead atoms. The summed E-state index contributed by atoms with van der Waals surface area (Å²) < 4.78 is 0. The van der Waals surface area contributed by atoms with Crippen LogP contribution in [0, 0.1) is 0 Å². The Morgan fingerprint density at radius 3 is 2.92 bits per heavy atom. The molecule has 0 aliphatic heterocycles. The highest BCUT2D eigenvalue weighted by Gasteiger charge is 2.00. The first kappa shape index (κ1) is 8.58. The third-order valence-electron chi connectivity index (χ3n) is 1.27. The summed E-state index contributed by atoms with van der Waals surface area (Å²) in [5, 5.41) is 2.99. The van der Waals surface area contributed by atoms with Gasteiger partial charge in [0.1, 0.15) is 5.82 Å². The molecule has 0 fully saturated rings. The maximum Gasteiger partial charge on any atom is 0.346 e. The van der Waals surface area contributed by atoms with Crippen LogP contribution in [0.15, 0.2) is 11.0 Å². The maximum absolute atomic E-state index is 10.8. The van der Waals surface area contributed by atoms with Gasteiger partial charge in [0.05, 0.1) is 11.9 Å². The van der Waals surface area contributed by atoms with Gasteiger partial charge in [0.25, 0.3) is 0 Å². The van der Waals surface area contributed by atoms with Gasteiger partial charge in [-0.3, -0.25) is 4.98 Å². The molecule has 0 atom stereocenters. The lowest BCUT2D eigenvalue weighted by atomic mass is 10.4. The summed E-state index contributed by atoms with van der Waals surface area (Å²) in [5.74, 6) is 0.532. The minimum Gasteiger partial charge on any atom is -0.395 e. The highest BCUT2D eigenvalue weighted by molar-refractivity contribution is 5.59. The van der Waals surface area contributed by atoms with Crippen molar-refractivity contribution in [1.82, 2.24) is 9.97 Å². The van der Waals surface area contributed by atoms with E-state index in [0.717, 1.165) is 0 Å². The van der Waals surface area contributed by atoms with Crippen LogP contribution < -0.4 is 16.7 Å². The van der Waals surface area contributed by atoms with Crippen LogP contribution in [0.2, 0.25) is 0 Å². The molecule has 12 heavy (non-hydrogen) atoms. The lowest BCUT2D eigenvalue weighted by molar-refractivity contribution is 0.882. The lowest BCUT2D eigenvalue weighted by Gasteiger charge is -2.10. The third kappa shape index (κ3) is 1.98. The van der Waals surface area contributed by atoms with Crippen LogP contribution in [-0.4, -0.2) is 16.0 Å². The first-order valence-electron chi connectivity index (χ1n) is 3.71. The highest BCUT2D eigenvalue weighted by Crippen LogP contribution is 2.10. The average Bonchev–Trinajstić information content (AvgIpc) is 1.96. The Balaban J connectivity index is 2.97. The number of rotatable bonds is 2. The number of hydrogen-bond acceptors (Lipinski definition) is 4. The van der Waals surface area contributed by atoms with E-state index in [1.165, 1.54) is 6.20 Å². The summed E-state index contributed by atoms with van der Waals surface area (Å²) in [6, 6.07) is 0.227. The van der Waals surface area contributed by atoms with Crippen LogP contribution in [0.25, 0.3) is 0 Å². The van der Waals surface area contributed by atoms with Gasteiger partial charge in [-0.1, -0.05) is 0 Å². The molecule has 5 heteroatoms. The molecule has 0 unspecified atom stereocenters. The lowest BCUT2D eigenvalue weighted by Crippen LogP contribution is -2.18. The SMILES string of the molecule is CC(C)Nc1[nH]c(=O)ncc1N. The van der Waals surface area contributed by atoms with Crippen LogP contribution >= 0.6 is 0 Å². The zero-order chi connectivity index (χ0) is 9.14. The number of nitrogens with zero attached hydrogens (tertiary/aromatic N) is 1. The number of aromatic nitrogens is 2. The second kappa shape index (κ2) is 3.25. The van der Waals surface area contributed by atoms with Crippen molar-refractivity contribution in [2.75, 3.05) is 11.1 Å². The van der Waals surface area contributed by atoms with E-state index in [1.54, 1.807) is 0 Å². The van der Waals surface area contributed by atoms with Gasteiger partial charge < -0.3 is 11.1 Å². The second-order valence-electron chi connectivity index (χ2n) is 2.82. The van der Waals surface area contributed by atoms with Crippen LogP contribution in [0.1, 0.15) is 13.8 Å². The van der Waals surface area contributed by atoms with Crippen molar-refractivity contribution in [3.63, 3.8) is 0 Å². The van der Waals surface area contributed by atoms with Crippen LogP contribution in [0.5, 0.6) is 0 Å². The van der Waals surface area contributed by atoms with Crippen molar-refractivity contribution in [2.45, 2.75) is 19.9 Å². The average molecular weight is 168 g/mol. The van der Waals surface area contributed by atoms with Gasteiger partial charge in [0.15, 0.2) is 0 Å². The van der Waals surface area contributed by atoms with Crippen LogP contribution in [0.4, 0.5) is 11.5 Å². The van der Waals surface area contributed by atoms with Gasteiger partial charge in [-0.25, -0.2) is 4.79 Å². The van der Waals surface area contributed by atoms with Gasteiger partial charge in [-0.2, -0.15) is 4.98 Å². The van der Waals surface area contributed by atoms with E-state index in [4.69, 9.17) is 5.73 Å². The Kier molecular flexibility index (Phi) is 2.32. The van der Waals surface area contributed by atoms with Crippen molar-refractivity contribution in [1.29, 1.82) is 0 Å². The molecule has 5 nitrogen and oxygen atoms in total. The zero-order valence-corrected chi connectivity index (χ0v) is 7.09. The largest absolute Gasteiger partial charge is 0.395 e. The Morgan fingerprint density at radius 2 is 2.33 bits per heavy atom. The Bertz CT molecular complexity index is 317. The number of hydrogen-bond donors (Lipinski definition) is 3. The minimum absolute atomic E-state index is 0.227. The summed E-state index contributed by atoms with van der Waals surface area (Å²) >= 11 is 0. The number of nitrogen functional groups attached to an aromatic ring is 1. The molecule has 1 heterocycles. The number of aromatic amines is 1. The van der Waals surface area contributed by atoms with Crippen molar-refractivity contribution in [2.24, 2.45) is 0 Å². The van der Waals surface area contributed by atoms with Crippen molar-refractivity contribution < 1.29 is 0 Å². The smallest absolute Gasteiger partial charge is 0.346 e. The molecule has 0 aliphatic rings. The fourth-order valence-electron chi connectivity index (χ4n) is 0.812. The second-order valence-corrected chi connectivity index (χ2v) is 2.82. The number of nitrogens with two attached hydrogens (primary N) is 1. The van der Waals surface area contributed by atoms with Crippen LogP contribution in [-0.2, 0) is 0 Å². The van der Waals surface area contributed by atoms with E-state index >= 15 is 0 Å². The molecule has 0 saturated carbocycles. The van der Waals surface area contributed by atoms with Crippen molar-refractivity contribution in [3.8, 4) is 0 Å². The summed E-state index contributed by atoms with van der Waals surface area (Å²) in [6.45, 7) is 3.91. The van der Waals surface area contributed by atoms with E-state index in [9.17, 15) is 4.79 Å². The van der Waals surface area contributed by atoms with Gasteiger partial charge in [-0.05, 0) is 13.8 Å². The first-order chi connectivity index (χ1) is 5.59. The summed E-state index contributed by atoms with van der Waals surface area (Å²) in [4.78, 5) is 16.7. The first-order valence-corrected chi connectivity index (χ1v) is 3.71. The van der Waals surface area contributed by atoms with Crippen molar-refractivity contribution >= 4 is 11.5 Å². The van der Waals surface area contributed by atoms with Gasteiger partial charge in [0, 0.05) is 6.04 Å². The minimum atomic E-state index is -0.396. The molecular weight excluding hydrogens is 156 g/mol. The quantitative estimate of drug-likeness (QED) is 0.587. The summed E-state index contributed by atoms with van der Waals surface area (Å²) in [5.41, 5.74) is 5.59. The molecular formula is C7H12N4O. The molecule has 0 amide bonds. The maximum atomic E-state index is 10.8. The van der Waals surface area contributed by atoms with Gasteiger partial charge in [-0.15, -0.1) is 0 Å². The molecule has 0 aromatic carbocycles. The molecule has 0 radical (unpaired) electrons. The van der Waals surface area contributed by atoms with E-state index < -0.39 is 5.69 Å². The molecule has 0 spiro atoms. The number of anilines is 2. The Hall–Kier alpha value is -1.52. The zero-order valence-electron chi connectivity index (χ0n) is 7.09. The van der Waals surface area contributed by atoms with Crippen LogP contribution in [0.3, 0.4) is 0 Å². The molecule has 4 N–H and O–H groups in total. The topological polar surface area (TPSA) is 83.8 Å².